The van der Waals surface area contributed by atoms with Crippen LogP contribution in [0.3, 0.4) is 0 Å². The molecular weight excluding hydrogens is 426 g/mol. The van der Waals surface area contributed by atoms with Crippen molar-refractivity contribution in [2.75, 3.05) is 13.1 Å². The van der Waals surface area contributed by atoms with Crippen molar-refractivity contribution in [2.45, 2.75) is 31.2 Å². The van der Waals surface area contributed by atoms with E-state index in [1.165, 1.54) is 10.4 Å². The van der Waals surface area contributed by atoms with Crippen molar-refractivity contribution >= 4 is 28.6 Å². The second-order valence-corrected chi connectivity index (χ2v) is 9.86. The number of thiophene rings is 1. The average molecular weight is 450 g/mol. The van der Waals surface area contributed by atoms with Crippen LogP contribution in [0.25, 0.3) is 5.70 Å². The molecule has 0 saturated carbocycles. The van der Waals surface area contributed by atoms with E-state index < -0.39 is 0 Å². The van der Waals surface area contributed by atoms with Gasteiger partial charge < -0.3 is 10.2 Å². The molecule has 0 radical (unpaired) electrons. The van der Waals surface area contributed by atoms with Crippen LogP contribution in [0.1, 0.15) is 34.9 Å². The number of piperidine rings is 1. The largest absolute Gasteiger partial charge is 0.470 e. The number of benzene rings is 2. The Morgan fingerprint density at radius 1 is 1.06 bits per heavy atom. The van der Waals surface area contributed by atoms with E-state index in [0.717, 1.165) is 54.5 Å². The molecule has 1 spiro atoms. The third-order valence-electron chi connectivity index (χ3n) is 6.55. The van der Waals surface area contributed by atoms with E-state index in [-0.39, 0.29) is 11.8 Å². The zero-order valence-corrected chi connectivity index (χ0v) is 18.7. The van der Waals surface area contributed by atoms with E-state index in [2.05, 4.69) is 69.3 Å². The Hall–Kier alpha value is -2.31. The maximum absolute atomic E-state index is 6.74. The van der Waals surface area contributed by atoms with Crippen LogP contribution in [0.5, 0.6) is 5.75 Å². The normalized spacial score (nSPS) is 22.4. The second-order valence-electron chi connectivity index (χ2n) is 8.48. The maximum atomic E-state index is 6.74. The minimum atomic E-state index is -0.367. The first-order valence-corrected chi connectivity index (χ1v) is 12.0. The molecule has 2 aromatic carbocycles. The number of rotatable bonds is 3. The third kappa shape index (κ3) is 3.46. The van der Waals surface area contributed by atoms with E-state index in [4.69, 9.17) is 16.3 Å². The molecule has 31 heavy (non-hydrogen) atoms. The lowest BCUT2D eigenvalue weighted by atomic mass is 9.92. The zero-order valence-electron chi connectivity index (χ0n) is 17.1. The van der Waals surface area contributed by atoms with Gasteiger partial charge in [0.15, 0.2) is 5.72 Å². The van der Waals surface area contributed by atoms with E-state index in [0.29, 0.717) is 0 Å². The first-order valence-electron chi connectivity index (χ1n) is 10.8. The van der Waals surface area contributed by atoms with Gasteiger partial charge in [-0.15, -0.1) is 11.3 Å². The van der Waals surface area contributed by atoms with Gasteiger partial charge in [0.1, 0.15) is 5.75 Å². The SMILES string of the molecule is Clc1ccc2c(c1)C1C=C(c3cccs3)NN1C1(CCN(Cc3ccccc3)CC1)O2. The van der Waals surface area contributed by atoms with Crippen LogP contribution < -0.4 is 10.2 Å². The summed E-state index contributed by atoms with van der Waals surface area (Å²) in [7, 11) is 0. The summed E-state index contributed by atoms with van der Waals surface area (Å²) in [5.41, 5.74) is 6.98. The predicted molar refractivity (Wildman–Crippen MR) is 126 cm³/mol. The van der Waals surface area contributed by atoms with Crippen molar-refractivity contribution < 1.29 is 4.74 Å². The van der Waals surface area contributed by atoms with Gasteiger partial charge in [-0.1, -0.05) is 48.0 Å². The topological polar surface area (TPSA) is 27.7 Å². The summed E-state index contributed by atoms with van der Waals surface area (Å²) in [4.78, 5) is 3.77. The smallest absolute Gasteiger partial charge is 0.182 e. The van der Waals surface area contributed by atoms with E-state index in [9.17, 15) is 0 Å². The number of hydrazine groups is 1. The molecule has 3 aromatic rings. The Bertz CT molecular complexity index is 1110. The number of halogens is 1. The first-order chi connectivity index (χ1) is 15.2. The van der Waals surface area contributed by atoms with Crippen molar-refractivity contribution in [1.82, 2.24) is 15.3 Å². The van der Waals surface area contributed by atoms with Gasteiger partial charge in [-0.25, -0.2) is 0 Å². The van der Waals surface area contributed by atoms with Gasteiger partial charge in [-0.2, -0.15) is 5.01 Å². The van der Waals surface area contributed by atoms with E-state index in [1.807, 2.05) is 18.2 Å². The van der Waals surface area contributed by atoms with Gasteiger partial charge >= 0.3 is 0 Å². The highest BCUT2D eigenvalue weighted by molar-refractivity contribution is 7.11. The summed E-state index contributed by atoms with van der Waals surface area (Å²) in [6.07, 6.45) is 4.20. The van der Waals surface area contributed by atoms with Crippen LogP contribution in [0, 0.1) is 0 Å². The highest BCUT2D eigenvalue weighted by atomic mass is 35.5. The Kier molecular flexibility index (Phi) is 4.80. The molecule has 3 aliphatic rings. The molecule has 1 atom stereocenters. The molecule has 0 amide bonds. The van der Waals surface area contributed by atoms with Crippen LogP contribution in [-0.4, -0.2) is 28.7 Å². The summed E-state index contributed by atoms with van der Waals surface area (Å²) in [5.74, 6) is 0.952. The van der Waals surface area contributed by atoms with E-state index >= 15 is 0 Å². The quantitative estimate of drug-likeness (QED) is 0.556. The minimum Gasteiger partial charge on any atom is -0.470 e. The summed E-state index contributed by atoms with van der Waals surface area (Å²) in [5, 5.41) is 5.20. The number of fused-ring (bicyclic) bond motifs is 4. The molecule has 4 heterocycles. The van der Waals surface area contributed by atoms with Gasteiger partial charge in [-0.3, -0.25) is 4.90 Å². The fraction of sp³-hybridized carbons (Fsp3) is 0.280. The van der Waals surface area contributed by atoms with Crippen LogP contribution in [0.4, 0.5) is 0 Å². The number of nitrogens with zero attached hydrogens (tertiary/aromatic N) is 2. The molecule has 158 valence electrons. The predicted octanol–water partition coefficient (Wildman–Crippen LogP) is 5.69. The molecule has 1 saturated heterocycles. The molecule has 3 aliphatic heterocycles. The van der Waals surface area contributed by atoms with Crippen molar-refractivity contribution in [2.24, 2.45) is 0 Å². The highest BCUT2D eigenvalue weighted by Gasteiger charge is 2.51. The molecule has 1 unspecified atom stereocenters. The number of hydrogen-bond donors (Lipinski definition) is 1. The molecule has 6 heteroatoms. The third-order valence-corrected chi connectivity index (χ3v) is 7.68. The maximum Gasteiger partial charge on any atom is 0.182 e. The fourth-order valence-corrected chi connectivity index (χ4v) is 5.85. The molecule has 6 rings (SSSR count). The molecule has 1 fully saturated rings. The van der Waals surface area contributed by atoms with Crippen molar-refractivity contribution in [3.05, 3.63) is 93.1 Å². The minimum absolute atomic E-state index is 0.111. The monoisotopic (exact) mass is 449 g/mol. The molecule has 1 N–H and O–H groups in total. The van der Waals surface area contributed by atoms with Crippen molar-refractivity contribution in [1.29, 1.82) is 0 Å². The average Bonchev–Trinajstić information content (AvgIpc) is 3.47. The molecule has 0 aliphatic carbocycles. The van der Waals surface area contributed by atoms with Crippen LogP contribution >= 0.6 is 22.9 Å². The van der Waals surface area contributed by atoms with Gasteiger partial charge in [-0.05, 0) is 41.3 Å². The fourth-order valence-electron chi connectivity index (χ4n) is 4.96. The molecular formula is C25H24ClN3OS. The summed E-state index contributed by atoms with van der Waals surface area (Å²) in [6.45, 7) is 2.98. The van der Waals surface area contributed by atoms with Crippen LogP contribution in [0.2, 0.25) is 5.02 Å². The van der Waals surface area contributed by atoms with Crippen molar-refractivity contribution in [3.63, 3.8) is 0 Å². The summed E-state index contributed by atoms with van der Waals surface area (Å²) >= 11 is 8.11. The summed E-state index contributed by atoms with van der Waals surface area (Å²) < 4.78 is 6.74. The van der Waals surface area contributed by atoms with Gasteiger partial charge in [0.05, 0.1) is 16.6 Å². The lowest BCUT2D eigenvalue weighted by Crippen LogP contribution is -2.63. The second kappa shape index (κ2) is 7.68. The molecule has 4 nitrogen and oxygen atoms in total. The van der Waals surface area contributed by atoms with Crippen molar-refractivity contribution in [3.8, 4) is 5.75 Å². The first kappa shape index (κ1) is 19.4. The molecule has 0 bridgehead atoms. The van der Waals surface area contributed by atoms with Crippen LogP contribution in [0.15, 0.2) is 72.1 Å². The molecule has 1 aromatic heterocycles. The van der Waals surface area contributed by atoms with Gasteiger partial charge in [0.25, 0.3) is 0 Å². The number of nitrogens with one attached hydrogen (secondary N) is 1. The van der Waals surface area contributed by atoms with Crippen LogP contribution in [-0.2, 0) is 6.54 Å². The summed E-state index contributed by atoms with van der Waals surface area (Å²) in [6, 6.07) is 21.1. The zero-order chi connectivity index (χ0) is 20.8. The van der Waals surface area contributed by atoms with E-state index in [1.54, 1.807) is 11.3 Å². The lowest BCUT2D eigenvalue weighted by molar-refractivity contribution is -0.160. The number of likely N-dealkylation sites (tertiary alicyclic amines) is 1. The van der Waals surface area contributed by atoms with Gasteiger partial charge in [0.2, 0.25) is 0 Å². The van der Waals surface area contributed by atoms with Gasteiger partial charge in [0, 0.05) is 43.1 Å². The number of ether oxygens (including phenoxy) is 1. The Labute approximate surface area is 191 Å². The standard InChI is InChI=1S/C25H24ClN3OS/c26-19-8-9-23-20(15-19)22-16-21(24-7-4-14-31-24)27-29(22)25(30-23)10-12-28(13-11-25)17-18-5-2-1-3-6-18/h1-9,14-16,22,27H,10-13,17H2. The Balaban J connectivity index is 1.29. The highest BCUT2D eigenvalue weighted by Crippen LogP contribution is 2.49. The Morgan fingerprint density at radius 3 is 2.68 bits per heavy atom. The Morgan fingerprint density at radius 2 is 1.90 bits per heavy atom. The number of hydrogen-bond acceptors (Lipinski definition) is 5. The lowest BCUT2D eigenvalue weighted by Gasteiger charge is -2.51.